The zero-order valence-corrected chi connectivity index (χ0v) is 11.5. The molecule has 1 aromatic carbocycles. The molecule has 0 aliphatic carbocycles. The molecule has 0 aliphatic heterocycles. The number of furan rings is 1. The highest BCUT2D eigenvalue weighted by molar-refractivity contribution is 6.30. The third-order valence-corrected chi connectivity index (χ3v) is 3.53. The van der Waals surface area contributed by atoms with Crippen LogP contribution in [0.1, 0.15) is 34.3 Å². The molecule has 0 amide bonds. The average molecular weight is 265 g/mol. The molecule has 3 N–H and O–H groups in total. The van der Waals surface area contributed by atoms with Gasteiger partial charge in [0.05, 0.1) is 6.04 Å². The van der Waals surface area contributed by atoms with Gasteiger partial charge in [-0.25, -0.2) is 5.43 Å². The van der Waals surface area contributed by atoms with Crippen molar-refractivity contribution < 1.29 is 4.42 Å². The molecule has 0 aliphatic rings. The first-order valence-corrected chi connectivity index (χ1v) is 6.20. The summed E-state index contributed by atoms with van der Waals surface area (Å²) in [6.07, 6.45) is 0. The second-order valence-corrected chi connectivity index (χ2v) is 4.84. The van der Waals surface area contributed by atoms with Gasteiger partial charge in [-0.3, -0.25) is 5.84 Å². The van der Waals surface area contributed by atoms with Gasteiger partial charge in [-0.1, -0.05) is 23.7 Å². The number of hydrogen-bond acceptors (Lipinski definition) is 3. The second-order valence-electron chi connectivity index (χ2n) is 4.40. The van der Waals surface area contributed by atoms with Gasteiger partial charge in [0.25, 0.3) is 0 Å². The van der Waals surface area contributed by atoms with Crippen molar-refractivity contribution >= 4 is 11.6 Å². The summed E-state index contributed by atoms with van der Waals surface area (Å²) in [5.41, 5.74) is 6.13. The normalized spacial score (nSPS) is 12.7. The van der Waals surface area contributed by atoms with Crippen molar-refractivity contribution in [2.75, 3.05) is 0 Å². The molecule has 3 nitrogen and oxygen atoms in total. The van der Waals surface area contributed by atoms with Crippen LogP contribution in [0.25, 0.3) is 0 Å². The number of aryl methyl sites for hydroxylation is 2. The van der Waals surface area contributed by atoms with Crippen molar-refractivity contribution in [3.8, 4) is 0 Å². The SMILES string of the molecule is Cc1oc(C)c(C(NN)c2ccc(Cl)cc2)c1C. The van der Waals surface area contributed by atoms with Gasteiger partial charge in [-0.15, -0.1) is 0 Å². The molecule has 0 bridgehead atoms. The van der Waals surface area contributed by atoms with Crippen molar-refractivity contribution in [2.24, 2.45) is 5.84 Å². The third kappa shape index (κ3) is 2.29. The minimum Gasteiger partial charge on any atom is -0.466 e. The van der Waals surface area contributed by atoms with Gasteiger partial charge < -0.3 is 4.42 Å². The molecular formula is C14H17ClN2O. The number of halogens is 1. The summed E-state index contributed by atoms with van der Waals surface area (Å²) < 4.78 is 5.65. The topological polar surface area (TPSA) is 51.2 Å². The Morgan fingerprint density at radius 1 is 1.11 bits per heavy atom. The molecule has 18 heavy (non-hydrogen) atoms. The fourth-order valence-electron chi connectivity index (χ4n) is 2.24. The molecule has 0 saturated heterocycles. The maximum Gasteiger partial charge on any atom is 0.106 e. The Balaban J connectivity index is 2.48. The van der Waals surface area contributed by atoms with Crippen LogP contribution < -0.4 is 11.3 Å². The summed E-state index contributed by atoms with van der Waals surface area (Å²) in [7, 11) is 0. The lowest BCUT2D eigenvalue weighted by molar-refractivity contribution is 0.494. The predicted octanol–water partition coefficient (Wildman–Crippen LogP) is 3.41. The Morgan fingerprint density at radius 2 is 1.72 bits per heavy atom. The standard InChI is InChI=1S/C14H17ClN2O/c1-8-9(2)18-10(3)13(8)14(17-16)11-4-6-12(15)7-5-11/h4-7,14,17H,16H2,1-3H3. The largest absolute Gasteiger partial charge is 0.466 e. The summed E-state index contributed by atoms with van der Waals surface area (Å²) in [5.74, 6) is 7.52. The van der Waals surface area contributed by atoms with Crippen LogP contribution in [0, 0.1) is 20.8 Å². The molecule has 0 saturated carbocycles. The molecule has 1 atom stereocenters. The Kier molecular flexibility index (Phi) is 3.76. The molecule has 2 rings (SSSR count). The highest BCUT2D eigenvalue weighted by atomic mass is 35.5. The zero-order chi connectivity index (χ0) is 13.3. The number of hydrogen-bond donors (Lipinski definition) is 2. The van der Waals surface area contributed by atoms with Gasteiger partial charge in [-0.2, -0.15) is 0 Å². The number of hydrazine groups is 1. The fraction of sp³-hybridized carbons (Fsp3) is 0.286. The summed E-state index contributed by atoms with van der Waals surface area (Å²) in [6, 6.07) is 7.57. The van der Waals surface area contributed by atoms with E-state index in [2.05, 4.69) is 5.43 Å². The Morgan fingerprint density at radius 3 is 2.17 bits per heavy atom. The van der Waals surface area contributed by atoms with Crippen LogP contribution in [-0.2, 0) is 0 Å². The van der Waals surface area contributed by atoms with E-state index in [1.807, 2.05) is 45.0 Å². The summed E-state index contributed by atoms with van der Waals surface area (Å²) >= 11 is 5.90. The monoisotopic (exact) mass is 264 g/mol. The molecule has 4 heteroatoms. The molecule has 1 aromatic heterocycles. The lowest BCUT2D eigenvalue weighted by atomic mass is 9.96. The fourth-order valence-corrected chi connectivity index (χ4v) is 2.36. The lowest BCUT2D eigenvalue weighted by Crippen LogP contribution is -2.29. The van der Waals surface area contributed by atoms with E-state index < -0.39 is 0 Å². The molecule has 0 spiro atoms. The highest BCUT2D eigenvalue weighted by Crippen LogP contribution is 2.31. The van der Waals surface area contributed by atoms with E-state index in [-0.39, 0.29) is 6.04 Å². The molecular weight excluding hydrogens is 248 g/mol. The minimum absolute atomic E-state index is 0.0836. The van der Waals surface area contributed by atoms with Crippen molar-refractivity contribution in [3.05, 3.63) is 57.5 Å². The number of rotatable bonds is 3. The van der Waals surface area contributed by atoms with Crippen molar-refractivity contribution in [1.29, 1.82) is 0 Å². The van der Waals surface area contributed by atoms with Crippen LogP contribution >= 0.6 is 11.6 Å². The van der Waals surface area contributed by atoms with E-state index >= 15 is 0 Å². The number of nitrogens with one attached hydrogen (secondary N) is 1. The number of nitrogens with two attached hydrogens (primary N) is 1. The Bertz CT molecular complexity index is 546. The highest BCUT2D eigenvalue weighted by Gasteiger charge is 2.21. The van der Waals surface area contributed by atoms with Gasteiger partial charge in [0.1, 0.15) is 11.5 Å². The van der Waals surface area contributed by atoms with E-state index in [0.29, 0.717) is 5.02 Å². The third-order valence-electron chi connectivity index (χ3n) is 3.28. The Labute approximate surface area is 112 Å². The molecule has 1 heterocycles. The average Bonchev–Trinajstić information content (AvgIpc) is 2.59. The smallest absolute Gasteiger partial charge is 0.106 e. The van der Waals surface area contributed by atoms with Gasteiger partial charge in [-0.05, 0) is 44.0 Å². The predicted molar refractivity (Wildman–Crippen MR) is 73.5 cm³/mol. The zero-order valence-electron chi connectivity index (χ0n) is 10.8. The van der Waals surface area contributed by atoms with Crippen LogP contribution in [-0.4, -0.2) is 0 Å². The molecule has 2 aromatic rings. The first-order chi connectivity index (χ1) is 8.54. The molecule has 1 unspecified atom stereocenters. The van der Waals surface area contributed by atoms with Crippen molar-refractivity contribution in [3.63, 3.8) is 0 Å². The van der Waals surface area contributed by atoms with E-state index in [1.165, 1.54) is 0 Å². The maximum atomic E-state index is 5.90. The van der Waals surface area contributed by atoms with E-state index in [1.54, 1.807) is 0 Å². The summed E-state index contributed by atoms with van der Waals surface area (Å²) in [5, 5.41) is 0.714. The summed E-state index contributed by atoms with van der Waals surface area (Å²) in [6.45, 7) is 5.96. The van der Waals surface area contributed by atoms with Gasteiger partial charge in [0.15, 0.2) is 0 Å². The van der Waals surface area contributed by atoms with E-state index in [9.17, 15) is 0 Å². The van der Waals surface area contributed by atoms with Crippen LogP contribution in [0.3, 0.4) is 0 Å². The van der Waals surface area contributed by atoms with E-state index in [0.717, 1.165) is 28.2 Å². The van der Waals surface area contributed by atoms with Crippen molar-refractivity contribution in [1.82, 2.24) is 5.43 Å². The molecule has 0 fully saturated rings. The van der Waals surface area contributed by atoms with Crippen LogP contribution in [0.4, 0.5) is 0 Å². The maximum absolute atomic E-state index is 5.90. The molecule has 96 valence electrons. The van der Waals surface area contributed by atoms with Gasteiger partial charge in [0.2, 0.25) is 0 Å². The Hall–Kier alpha value is -1.29. The van der Waals surface area contributed by atoms with Crippen LogP contribution in [0.15, 0.2) is 28.7 Å². The second kappa shape index (κ2) is 5.14. The van der Waals surface area contributed by atoms with Crippen LogP contribution in [0.5, 0.6) is 0 Å². The van der Waals surface area contributed by atoms with Gasteiger partial charge >= 0.3 is 0 Å². The summed E-state index contributed by atoms with van der Waals surface area (Å²) in [4.78, 5) is 0. The minimum atomic E-state index is -0.0836. The molecule has 0 radical (unpaired) electrons. The lowest BCUT2D eigenvalue weighted by Gasteiger charge is -2.17. The van der Waals surface area contributed by atoms with Gasteiger partial charge in [0, 0.05) is 10.6 Å². The first kappa shape index (κ1) is 13.1. The van der Waals surface area contributed by atoms with E-state index in [4.69, 9.17) is 21.9 Å². The van der Waals surface area contributed by atoms with Crippen LogP contribution in [0.2, 0.25) is 5.02 Å². The first-order valence-electron chi connectivity index (χ1n) is 5.82. The quantitative estimate of drug-likeness (QED) is 0.660. The van der Waals surface area contributed by atoms with Crippen molar-refractivity contribution in [2.45, 2.75) is 26.8 Å². The number of benzene rings is 1.